The van der Waals surface area contributed by atoms with E-state index in [1.54, 1.807) is 13.8 Å². The van der Waals surface area contributed by atoms with Gasteiger partial charge in [0.05, 0.1) is 13.2 Å². The molecule has 0 spiro atoms. The second kappa shape index (κ2) is 5.21. The van der Waals surface area contributed by atoms with E-state index in [4.69, 9.17) is 0 Å². The lowest BCUT2D eigenvalue weighted by Gasteiger charge is -1.95. The number of rotatable bonds is 4. The van der Waals surface area contributed by atoms with E-state index in [1.807, 2.05) is 0 Å². The second-order valence-electron chi connectivity index (χ2n) is 1.02. The van der Waals surface area contributed by atoms with Crippen LogP contribution in [0.5, 0.6) is 0 Å². The predicted molar refractivity (Wildman–Crippen MR) is 31.4 cm³/mol. The maximum Gasteiger partial charge on any atom is 0.304 e. The maximum atomic E-state index is 10.3. The molecule has 0 aliphatic heterocycles. The van der Waals surface area contributed by atoms with Crippen LogP contribution < -0.4 is 0 Å². The van der Waals surface area contributed by atoms with E-state index >= 15 is 0 Å². The van der Waals surface area contributed by atoms with E-state index < -0.39 is 11.4 Å². The molecule has 0 aromatic rings. The van der Waals surface area contributed by atoms with Crippen LogP contribution in [-0.4, -0.2) is 17.4 Å². The van der Waals surface area contributed by atoms with Crippen LogP contribution in [0.1, 0.15) is 13.8 Å². The molecule has 0 aromatic heterocycles. The number of hydrogen-bond donors (Lipinski definition) is 0. The van der Waals surface area contributed by atoms with E-state index in [2.05, 4.69) is 8.37 Å². The van der Waals surface area contributed by atoms with Crippen molar-refractivity contribution in [2.24, 2.45) is 0 Å². The molecule has 0 bridgehead atoms. The molecule has 0 aliphatic carbocycles. The average Bonchev–Trinajstić information content (AvgIpc) is 1.68. The van der Waals surface area contributed by atoms with Gasteiger partial charge in [0.2, 0.25) is 0 Å². The summed E-state index contributed by atoms with van der Waals surface area (Å²) in [7, 11) is 0. The lowest BCUT2D eigenvalue weighted by atomic mass is 10.9. The summed E-state index contributed by atoms with van der Waals surface area (Å²) in [6, 6.07) is 0. The Hall–Kier alpha value is 0.0700. The van der Waals surface area contributed by atoms with Crippen molar-refractivity contribution >= 4 is 11.4 Å². The third-order valence-electron chi connectivity index (χ3n) is 0.428. The lowest BCUT2D eigenvalue weighted by Crippen LogP contribution is -2.00. The summed E-state index contributed by atoms with van der Waals surface area (Å²) in [6.45, 7) is 4.37. The molecular formula is C4H10O3S. The summed E-state index contributed by atoms with van der Waals surface area (Å²) in [4.78, 5) is 0. The molecule has 0 saturated heterocycles. The Bertz CT molecular complexity index is 65.7. The third-order valence-corrected chi connectivity index (χ3v) is 1.28. The molecule has 0 radical (unpaired) electrons. The second-order valence-corrected chi connectivity index (χ2v) is 1.90. The zero-order valence-electron chi connectivity index (χ0n) is 5.05. The highest BCUT2D eigenvalue weighted by molar-refractivity contribution is 7.75. The van der Waals surface area contributed by atoms with Crippen molar-refractivity contribution in [3.63, 3.8) is 0 Å². The van der Waals surface area contributed by atoms with Crippen molar-refractivity contribution in [1.29, 1.82) is 0 Å². The highest BCUT2D eigenvalue weighted by Gasteiger charge is 1.92. The molecule has 50 valence electrons. The molecule has 4 heteroatoms. The quantitative estimate of drug-likeness (QED) is 0.572. The van der Waals surface area contributed by atoms with Gasteiger partial charge in [-0.25, -0.2) is 0 Å². The first-order valence-corrected chi connectivity index (χ1v) is 3.49. The van der Waals surface area contributed by atoms with Gasteiger partial charge in [-0.05, 0) is 13.8 Å². The Morgan fingerprint density at radius 2 is 1.62 bits per heavy atom. The monoisotopic (exact) mass is 138 g/mol. The Morgan fingerprint density at radius 1 is 1.25 bits per heavy atom. The third kappa shape index (κ3) is 4.23. The van der Waals surface area contributed by atoms with Crippen molar-refractivity contribution in [2.75, 3.05) is 13.2 Å². The Labute approximate surface area is 51.9 Å². The molecule has 8 heavy (non-hydrogen) atoms. The molecular weight excluding hydrogens is 128 g/mol. The summed E-state index contributed by atoms with van der Waals surface area (Å²) in [5.74, 6) is 0. The molecule has 0 heterocycles. The van der Waals surface area contributed by atoms with Crippen molar-refractivity contribution in [3.8, 4) is 0 Å². The van der Waals surface area contributed by atoms with Gasteiger partial charge in [-0.2, -0.15) is 4.21 Å². The van der Waals surface area contributed by atoms with Crippen LogP contribution in [0.15, 0.2) is 0 Å². The average molecular weight is 138 g/mol. The summed E-state index contributed by atoms with van der Waals surface area (Å²) < 4.78 is 19.4. The fourth-order valence-corrected chi connectivity index (χ4v) is 0.679. The molecule has 0 saturated carbocycles. The fraction of sp³-hybridized carbons (Fsp3) is 1.00. The van der Waals surface area contributed by atoms with Crippen LogP contribution in [0.3, 0.4) is 0 Å². The number of hydrogen-bond acceptors (Lipinski definition) is 3. The van der Waals surface area contributed by atoms with Gasteiger partial charge in [-0.3, -0.25) is 8.37 Å². The maximum absolute atomic E-state index is 10.3. The smallest absolute Gasteiger partial charge is 0.269 e. The van der Waals surface area contributed by atoms with Gasteiger partial charge in [0, 0.05) is 0 Å². The minimum absolute atomic E-state index is 0.423. The SMILES string of the molecule is CCOS(=O)OCC. The summed E-state index contributed by atoms with van der Waals surface area (Å²) in [5, 5.41) is 0. The molecule has 0 fully saturated rings. The molecule has 0 unspecified atom stereocenters. The first-order chi connectivity index (χ1) is 3.81. The van der Waals surface area contributed by atoms with Crippen LogP contribution in [0.25, 0.3) is 0 Å². The van der Waals surface area contributed by atoms with E-state index in [9.17, 15) is 4.21 Å². The normalized spacial score (nSPS) is 10.4. The van der Waals surface area contributed by atoms with Gasteiger partial charge in [0.15, 0.2) is 0 Å². The minimum atomic E-state index is -1.52. The largest absolute Gasteiger partial charge is 0.304 e. The first-order valence-electron chi connectivity index (χ1n) is 2.49. The van der Waals surface area contributed by atoms with Crippen LogP contribution in [-0.2, 0) is 19.7 Å². The summed E-state index contributed by atoms with van der Waals surface area (Å²) in [6.07, 6.45) is 0. The summed E-state index contributed by atoms with van der Waals surface area (Å²) in [5.41, 5.74) is 0. The van der Waals surface area contributed by atoms with Gasteiger partial charge in [-0.15, -0.1) is 0 Å². The predicted octanol–water partition coefficient (Wildman–Crippen LogP) is 0.638. The van der Waals surface area contributed by atoms with Crippen LogP contribution in [0.4, 0.5) is 0 Å². The van der Waals surface area contributed by atoms with Gasteiger partial charge >= 0.3 is 11.4 Å². The highest BCUT2D eigenvalue weighted by Crippen LogP contribution is 1.85. The lowest BCUT2D eigenvalue weighted by molar-refractivity contribution is 0.269. The van der Waals surface area contributed by atoms with Crippen LogP contribution >= 0.6 is 0 Å². The topological polar surface area (TPSA) is 35.5 Å². The van der Waals surface area contributed by atoms with Crippen molar-refractivity contribution in [3.05, 3.63) is 0 Å². The van der Waals surface area contributed by atoms with E-state index in [-0.39, 0.29) is 0 Å². The molecule has 3 nitrogen and oxygen atoms in total. The van der Waals surface area contributed by atoms with E-state index in [0.29, 0.717) is 13.2 Å². The van der Waals surface area contributed by atoms with E-state index in [0.717, 1.165) is 0 Å². The first kappa shape index (κ1) is 8.07. The Balaban J connectivity index is 3.06. The summed E-state index contributed by atoms with van der Waals surface area (Å²) >= 11 is -1.52. The standard InChI is InChI=1S/C4H10O3S/c1-3-6-8(5)7-4-2/h3-4H2,1-2H3. The molecule has 0 rings (SSSR count). The Kier molecular flexibility index (Phi) is 5.26. The van der Waals surface area contributed by atoms with Gasteiger partial charge < -0.3 is 0 Å². The highest BCUT2D eigenvalue weighted by atomic mass is 32.2. The minimum Gasteiger partial charge on any atom is -0.269 e. The van der Waals surface area contributed by atoms with Gasteiger partial charge in [0.1, 0.15) is 0 Å². The molecule has 0 aromatic carbocycles. The fourth-order valence-electron chi connectivity index (χ4n) is 0.226. The molecule has 0 atom stereocenters. The van der Waals surface area contributed by atoms with Gasteiger partial charge in [0.25, 0.3) is 0 Å². The van der Waals surface area contributed by atoms with Crippen molar-refractivity contribution in [1.82, 2.24) is 0 Å². The molecule has 0 N–H and O–H groups in total. The van der Waals surface area contributed by atoms with Gasteiger partial charge in [-0.1, -0.05) is 0 Å². The molecule has 0 aliphatic rings. The zero-order chi connectivity index (χ0) is 6.41. The van der Waals surface area contributed by atoms with E-state index in [1.165, 1.54) is 0 Å². The van der Waals surface area contributed by atoms with Crippen LogP contribution in [0, 0.1) is 0 Å². The Morgan fingerprint density at radius 3 is 1.88 bits per heavy atom. The van der Waals surface area contributed by atoms with Crippen molar-refractivity contribution < 1.29 is 12.6 Å². The van der Waals surface area contributed by atoms with Crippen LogP contribution in [0.2, 0.25) is 0 Å². The van der Waals surface area contributed by atoms with Crippen molar-refractivity contribution in [2.45, 2.75) is 13.8 Å². The molecule has 0 amide bonds. The zero-order valence-corrected chi connectivity index (χ0v) is 5.86.